The van der Waals surface area contributed by atoms with Crippen molar-refractivity contribution in [3.05, 3.63) is 65.2 Å². The molecule has 2 aromatic carbocycles. The number of para-hydroxylation sites is 1. The third-order valence-electron chi connectivity index (χ3n) is 4.12. The molecule has 2 aromatic rings. The van der Waals surface area contributed by atoms with Gasteiger partial charge in [0.25, 0.3) is 0 Å². The van der Waals surface area contributed by atoms with Gasteiger partial charge >= 0.3 is 5.97 Å². The first-order chi connectivity index (χ1) is 11.1. The first-order valence-corrected chi connectivity index (χ1v) is 7.83. The average molecular weight is 305 g/mol. The molecule has 0 aromatic heterocycles. The van der Waals surface area contributed by atoms with Crippen molar-refractivity contribution in [1.29, 1.82) is 0 Å². The highest BCUT2D eigenvalue weighted by molar-refractivity contribution is 5.96. The van der Waals surface area contributed by atoms with E-state index >= 15 is 0 Å². The third kappa shape index (κ3) is 3.37. The Balaban J connectivity index is 2.05. The summed E-state index contributed by atoms with van der Waals surface area (Å²) in [6.45, 7) is 3.95. The molecule has 1 aliphatic rings. The Bertz CT molecular complexity index is 771. The lowest BCUT2D eigenvalue weighted by Gasteiger charge is -2.22. The zero-order valence-electron chi connectivity index (χ0n) is 13.1. The van der Waals surface area contributed by atoms with Crippen LogP contribution in [0, 0.1) is 17.8 Å². The monoisotopic (exact) mass is 305 g/mol. The van der Waals surface area contributed by atoms with E-state index in [0.717, 1.165) is 36.3 Å². The van der Waals surface area contributed by atoms with Crippen LogP contribution >= 0.6 is 0 Å². The summed E-state index contributed by atoms with van der Waals surface area (Å²) >= 11 is 0. The summed E-state index contributed by atoms with van der Waals surface area (Å²) in [7, 11) is 0. The Morgan fingerprint density at radius 2 is 1.91 bits per heavy atom. The lowest BCUT2D eigenvalue weighted by molar-refractivity contribution is 0.0697. The molecule has 3 rings (SSSR count). The van der Waals surface area contributed by atoms with Crippen molar-refractivity contribution in [3.8, 4) is 11.8 Å². The standard InChI is InChI=1S/C20H19NO2/c1-15-12-13-21(14-15)19-17(8-5-9-18(19)20(22)23)11-10-16-6-3-2-4-7-16/h2-9,15H,12-14H2,1H3,(H,22,23). The highest BCUT2D eigenvalue weighted by atomic mass is 16.4. The molecule has 3 nitrogen and oxygen atoms in total. The fourth-order valence-corrected chi connectivity index (χ4v) is 2.96. The predicted octanol–water partition coefficient (Wildman–Crippen LogP) is 3.63. The van der Waals surface area contributed by atoms with E-state index in [4.69, 9.17) is 0 Å². The van der Waals surface area contributed by atoms with Gasteiger partial charge in [0.15, 0.2) is 0 Å². The van der Waals surface area contributed by atoms with E-state index in [1.54, 1.807) is 12.1 Å². The van der Waals surface area contributed by atoms with Crippen LogP contribution in [0.5, 0.6) is 0 Å². The second-order valence-corrected chi connectivity index (χ2v) is 5.96. The van der Waals surface area contributed by atoms with Crippen LogP contribution in [0.15, 0.2) is 48.5 Å². The van der Waals surface area contributed by atoms with Crippen molar-refractivity contribution < 1.29 is 9.90 Å². The van der Waals surface area contributed by atoms with Crippen LogP contribution in [-0.4, -0.2) is 24.2 Å². The minimum absolute atomic E-state index is 0.332. The fourth-order valence-electron chi connectivity index (χ4n) is 2.96. The fraction of sp³-hybridized carbons (Fsp3) is 0.250. The molecule has 1 saturated heterocycles. The van der Waals surface area contributed by atoms with E-state index in [0.29, 0.717) is 11.5 Å². The summed E-state index contributed by atoms with van der Waals surface area (Å²) in [6.07, 6.45) is 1.08. The molecular weight excluding hydrogens is 286 g/mol. The first kappa shape index (κ1) is 15.2. The van der Waals surface area contributed by atoms with Gasteiger partial charge in [0.2, 0.25) is 0 Å². The summed E-state index contributed by atoms with van der Waals surface area (Å²) in [5.74, 6) is 5.97. The predicted molar refractivity (Wildman–Crippen MR) is 91.8 cm³/mol. The minimum Gasteiger partial charge on any atom is -0.478 e. The van der Waals surface area contributed by atoms with Crippen LogP contribution < -0.4 is 4.90 Å². The summed E-state index contributed by atoms with van der Waals surface area (Å²) in [5.41, 5.74) is 2.79. The number of carboxylic acid groups (broad SMARTS) is 1. The van der Waals surface area contributed by atoms with Crippen molar-refractivity contribution in [2.24, 2.45) is 5.92 Å². The average Bonchev–Trinajstić information content (AvgIpc) is 2.99. The summed E-state index contributed by atoms with van der Waals surface area (Å²) < 4.78 is 0. The van der Waals surface area contributed by atoms with Gasteiger partial charge in [0.1, 0.15) is 0 Å². The maximum atomic E-state index is 11.6. The molecule has 1 atom stereocenters. The zero-order valence-corrected chi connectivity index (χ0v) is 13.1. The number of hydrogen-bond donors (Lipinski definition) is 1. The van der Waals surface area contributed by atoms with Gasteiger partial charge in [-0.1, -0.05) is 43.0 Å². The molecule has 0 amide bonds. The first-order valence-electron chi connectivity index (χ1n) is 7.83. The molecular formula is C20H19NO2. The minimum atomic E-state index is -0.900. The highest BCUT2D eigenvalue weighted by Crippen LogP contribution is 2.30. The Kier molecular flexibility index (Phi) is 4.34. The van der Waals surface area contributed by atoms with Gasteiger partial charge in [-0.05, 0) is 36.6 Å². The lowest BCUT2D eigenvalue weighted by Crippen LogP contribution is -2.23. The van der Waals surface area contributed by atoms with E-state index in [1.165, 1.54) is 0 Å². The molecule has 1 unspecified atom stereocenters. The molecule has 3 heteroatoms. The van der Waals surface area contributed by atoms with Crippen LogP contribution in [0.2, 0.25) is 0 Å². The van der Waals surface area contributed by atoms with Crippen molar-refractivity contribution >= 4 is 11.7 Å². The summed E-state index contributed by atoms with van der Waals surface area (Å²) in [4.78, 5) is 13.8. The van der Waals surface area contributed by atoms with Gasteiger partial charge in [-0.2, -0.15) is 0 Å². The number of carbonyl (C=O) groups is 1. The Morgan fingerprint density at radius 1 is 1.13 bits per heavy atom. The van der Waals surface area contributed by atoms with E-state index in [-0.39, 0.29) is 0 Å². The molecule has 0 radical (unpaired) electrons. The van der Waals surface area contributed by atoms with Gasteiger partial charge in [-0.25, -0.2) is 4.79 Å². The number of aromatic carboxylic acids is 1. The van der Waals surface area contributed by atoms with Gasteiger partial charge in [0.05, 0.1) is 11.3 Å². The second kappa shape index (κ2) is 6.58. The summed E-state index contributed by atoms with van der Waals surface area (Å²) in [5, 5.41) is 9.53. The molecule has 116 valence electrons. The van der Waals surface area contributed by atoms with Crippen molar-refractivity contribution in [1.82, 2.24) is 0 Å². The lowest BCUT2D eigenvalue weighted by atomic mass is 10.1. The van der Waals surface area contributed by atoms with E-state index < -0.39 is 5.97 Å². The van der Waals surface area contributed by atoms with Crippen LogP contribution in [0.1, 0.15) is 34.8 Å². The smallest absolute Gasteiger partial charge is 0.337 e. The molecule has 23 heavy (non-hydrogen) atoms. The molecule has 0 spiro atoms. The highest BCUT2D eigenvalue weighted by Gasteiger charge is 2.25. The van der Waals surface area contributed by atoms with Crippen LogP contribution in [0.4, 0.5) is 5.69 Å². The Hall–Kier alpha value is -2.73. The van der Waals surface area contributed by atoms with Crippen molar-refractivity contribution in [2.75, 3.05) is 18.0 Å². The largest absolute Gasteiger partial charge is 0.478 e. The van der Waals surface area contributed by atoms with Crippen LogP contribution in [0.3, 0.4) is 0 Å². The maximum Gasteiger partial charge on any atom is 0.337 e. The number of nitrogens with zero attached hydrogens (tertiary/aromatic N) is 1. The molecule has 1 fully saturated rings. The maximum absolute atomic E-state index is 11.6. The van der Waals surface area contributed by atoms with Crippen molar-refractivity contribution in [2.45, 2.75) is 13.3 Å². The van der Waals surface area contributed by atoms with Crippen molar-refractivity contribution in [3.63, 3.8) is 0 Å². The topological polar surface area (TPSA) is 40.5 Å². The van der Waals surface area contributed by atoms with Gasteiger partial charge in [-0.15, -0.1) is 0 Å². The van der Waals surface area contributed by atoms with Gasteiger partial charge < -0.3 is 10.0 Å². The number of carboxylic acids is 1. The number of benzene rings is 2. The Labute approximate surface area is 136 Å². The van der Waals surface area contributed by atoms with E-state index in [2.05, 4.69) is 23.7 Å². The normalized spacial score (nSPS) is 16.7. The van der Waals surface area contributed by atoms with Gasteiger partial charge in [-0.3, -0.25) is 0 Å². The molecule has 0 bridgehead atoms. The molecule has 1 aliphatic heterocycles. The molecule has 1 heterocycles. The van der Waals surface area contributed by atoms with Gasteiger partial charge in [0, 0.05) is 24.2 Å². The third-order valence-corrected chi connectivity index (χ3v) is 4.12. The SMILES string of the molecule is CC1CCN(c2c(C#Cc3ccccc3)cccc2C(=O)O)C1. The summed E-state index contributed by atoms with van der Waals surface area (Å²) in [6, 6.07) is 15.1. The molecule has 1 N–H and O–H groups in total. The number of anilines is 1. The second-order valence-electron chi connectivity index (χ2n) is 5.96. The number of hydrogen-bond acceptors (Lipinski definition) is 2. The Morgan fingerprint density at radius 3 is 2.57 bits per heavy atom. The quantitative estimate of drug-likeness (QED) is 0.861. The molecule has 0 aliphatic carbocycles. The zero-order chi connectivity index (χ0) is 16.2. The van der Waals surface area contributed by atoms with Crippen LogP contribution in [-0.2, 0) is 0 Å². The van der Waals surface area contributed by atoms with E-state index in [1.807, 2.05) is 36.4 Å². The molecule has 0 saturated carbocycles. The number of rotatable bonds is 2. The van der Waals surface area contributed by atoms with Crippen LogP contribution in [0.25, 0.3) is 0 Å². The van der Waals surface area contributed by atoms with E-state index in [9.17, 15) is 9.90 Å².